The highest BCUT2D eigenvalue weighted by atomic mass is 35.5. The molecule has 0 bridgehead atoms. The van der Waals surface area contributed by atoms with E-state index in [1.807, 2.05) is 37.3 Å². The quantitative estimate of drug-likeness (QED) is 0.651. The van der Waals surface area contributed by atoms with Crippen LogP contribution >= 0.6 is 34.8 Å². The molecule has 0 aromatic heterocycles. The van der Waals surface area contributed by atoms with Gasteiger partial charge in [-0.25, -0.2) is 0 Å². The molecule has 0 saturated heterocycles. The number of aliphatic hydroxyl groups is 1. The van der Waals surface area contributed by atoms with E-state index < -0.39 is 4.87 Å². The number of carbonyl (C=O) groups excluding carboxylic acids is 1. The number of rotatable bonds is 7. The molecule has 134 valence electrons. The number of nitrogens with one attached hydrogen (secondary N) is 1. The summed E-state index contributed by atoms with van der Waals surface area (Å²) in [6.07, 6.45) is 0.506. The van der Waals surface area contributed by atoms with E-state index >= 15 is 0 Å². The fourth-order valence-electron chi connectivity index (χ4n) is 2.67. The van der Waals surface area contributed by atoms with Crippen molar-refractivity contribution in [3.8, 4) is 0 Å². The Kier molecular flexibility index (Phi) is 7.14. The molecule has 0 aliphatic heterocycles. The monoisotopic (exact) mass is 399 g/mol. The first-order valence-corrected chi connectivity index (χ1v) is 9.08. The van der Waals surface area contributed by atoms with Gasteiger partial charge in [-0.3, -0.25) is 4.79 Å². The zero-order valence-corrected chi connectivity index (χ0v) is 16.1. The Morgan fingerprint density at radius 3 is 2.28 bits per heavy atom. The summed E-state index contributed by atoms with van der Waals surface area (Å²) in [4.78, 5) is 11.7. The lowest BCUT2D eigenvalue weighted by molar-refractivity contribution is 0.0946. The van der Waals surface area contributed by atoms with Gasteiger partial charge in [0.2, 0.25) is 0 Å². The molecule has 6 heteroatoms. The van der Waals surface area contributed by atoms with Gasteiger partial charge in [0.25, 0.3) is 5.91 Å². The van der Waals surface area contributed by atoms with E-state index in [0.717, 1.165) is 5.56 Å². The van der Waals surface area contributed by atoms with Crippen molar-refractivity contribution in [2.75, 3.05) is 13.2 Å². The summed E-state index contributed by atoms with van der Waals surface area (Å²) in [7, 11) is 0. The van der Waals surface area contributed by atoms with E-state index in [2.05, 4.69) is 5.32 Å². The number of amides is 1. The fraction of sp³-hybridized carbons (Fsp3) is 0.316. The Hall–Kier alpha value is -1.26. The molecule has 2 aromatic carbocycles. The highest BCUT2D eigenvalue weighted by Gasteiger charge is 2.32. The van der Waals surface area contributed by atoms with E-state index in [0.29, 0.717) is 6.42 Å². The summed E-state index contributed by atoms with van der Waals surface area (Å²) in [5.41, 5.74) is 1.11. The van der Waals surface area contributed by atoms with Crippen LogP contribution in [-0.4, -0.2) is 24.2 Å². The van der Waals surface area contributed by atoms with E-state index in [-0.39, 0.29) is 40.6 Å². The minimum atomic E-state index is -0.840. The smallest absolute Gasteiger partial charge is 0.254 e. The maximum atomic E-state index is 12.5. The number of halogens is 3. The Bertz CT molecular complexity index is 704. The van der Waals surface area contributed by atoms with Gasteiger partial charge in [-0.15, -0.1) is 11.6 Å². The van der Waals surface area contributed by atoms with Crippen LogP contribution in [-0.2, 0) is 4.87 Å². The minimum absolute atomic E-state index is 0.0153. The van der Waals surface area contributed by atoms with E-state index in [1.165, 1.54) is 0 Å². The fourth-order valence-corrected chi connectivity index (χ4v) is 3.69. The maximum absolute atomic E-state index is 12.5. The highest BCUT2D eigenvalue weighted by Crippen LogP contribution is 2.35. The van der Waals surface area contributed by atoms with Gasteiger partial charge in [0.05, 0.1) is 20.5 Å². The second-order valence-electron chi connectivity index (χ2n) is 6.10. The van der Waals surface area contributed by atoms with Crippen molar-refractivity contribution in [3.63, 3.8) is 0 Å². The number of hydrogen-bond acceptors (Lipinski definition) is 2. The average Bonchev–Trinajstić information content (AvgIpc) is 2.60. The molecule has 0 radical (unpaired) electrons. The maximum Gasteiger partial charge on any atom is 0.254 e. The second-order valence-corrected chi connectivity index (χ2v) is 7.64. The third-order valence-corrected chi connectivity index (χ3v) is 5.13. The standard InChI is InChI=1S/C19H20Cl3NO2/c1-13(11-24)10-19(22,14-6-3-2-4-7-14)12-23-18(25)17-15(20)8-5-9-16(17)21/h2-9,13,24H,10-12H2,1H3,(H,23,25). The first-order chi connectivity index (χ1) is 11.9. The Balaban J connectivity index is 2.21. The first kappa shape index (κ1) is 20.1. The molecular formula is C19H20Cl3NO2. The molecule has 0 fully saturated rings. The molecule has 1 amide bonds. The van der Waals surface area contributed by atoms with Crippen molar-refractivity contribution >= 4 is 40.7 Å². The van der Waals surface area contributed by atoms with Crippen LogP contribution in [0.1, 0.15) is 29.3 Å². The average molecular weight is 401 g/mol. The van der Waals surface area contributed by atoms with E-state index in [4.69, 9.17) is 34.8 Å². The summed E-state index contributed by atoms with van der Waals surface area (Å²) in [6, 6.07) is 14.4. The molecule has 0 aliphatic rings. The summed E-state index contributed by atoms with van der Waals surface area (Å²) in [5.74, 6) is -0.397. The molecule has 0 saturated carbocycles. The van der Waals surface area contributed by atoms with Gasteiger partial charge in [0, 0.05) is 13.2 Å². The van der Waals surface area contributed by atoms with Crippen molar-refractivity contribution < 1.29 is 9.90 Å². The first-order valence-electron chi connectivity index (χ1n) is 7.95. The molecule has 25 heavy (non-hydrogen) atoms. The highest BCUT2D eigenvalue weighted by molar-refractivity contribution is 6.39. The Morgan fingerprint density at radius 2 is 1.72 bits per heavy atom. The van der Waals surface area contributed by atoms with Crippen molar-refractivity contribution in [1.82, 2.24) is 5.32 Å². The molecule has 0 heterocycles. The SMILES string of the molecule is CC(CO)CC(Cl)(CNC(=O)c1c(Cl)cccc1Cl)c1ccccc1. The largest absolute Gasteiger partial charge is 0.396 e. The summed E-state index contributed by atoms with van der Waals surface area (Å²) in [5, 5.41) is 12.8. The van der Waals surface area contributed by atoms with Crippen molar-refractivity contribution in [3.05, 3.63) is 69.7 Å². The molecule has 0 spiro atoms. The summed E-state index contributed by atoms with van der Waals surface area (Å²) < 4.78 is 0. The van der Waals surface area contributed by atoms with Crippen LogP contribution in [0.25, 0.3) is 0 Å². The van der Waals surface area contributed by atoms with Gasteiger partial charge in [-0.2, -0.15) is 0 Å². The second kappa shape index (κ2) is 8.91. The third kappa shape index (κ3) is 5.11. The predicted molar refractivity (Wildman–Crippen MR) is 104 cm³/mol. The van der Waals surface area contributed by atoms with Crippen molar-refractivity contribution in [2.24, 2.45) is 5.92 Å². The number of carbonyl (C=O) groups is 1. The lowest BCUT2D eigenvalue weighted by atomic mass is 9.88. The normalized spacial score (nSPS) is 14.6. The Labute approximate surface area is 162 Å². The lowest BCUT2D eigenvalue weighted by Crippen LogP contribution is -2.38. The van der Waals surface area contributed by atoms with Crippen LogP contribution < -0.4 is 5.32 Å². The minimum Gasteiger partial charge on any atom is -0.396 e. The molecule has 2 N–H and O–H groups in total. The predicted octanol–water partition coefficient (Wildman–Crippen LogP) is 4.88. The lowest BCUT2D eigenvalue weighted by Gasteiger charge is -2.30. The number of aliphatic hydroxyl groups excluding tert-OH is 1. The van der Waals surface area contributed by atoms with Gasteiger partial charge in [0.1, 0.15) is 0 Å². The van der Waals surface area contributed by atoms with Gasteiger partial charge in [0.15, 0.2) is 0 Å². The number of alkyl halides is 1. The van der Waals surface area contributed by atoms with Crippen LogP contribution in [0.3, 0.4) is 0 Å². The van der Waals surface area contributed by atoms with Crippen LogP contribution in [0.5, 0.6) is 0 Å². The zero-order valence-electron chi connectivity index (χ0n) is 13.8. The molecule has 0 aliphatic carbocycles. The van der Waals surface area contributed by atoms with Gasteiger partial charge >= 0.3 is 0 Å². The van der Waals surface area contributed by atoms with Crippen molar-refractivity contribution in [2.45, 2.75) is 18.2 Å². The zero-order chi connectivity index (χ0) is 18.4. The molecule has 2 rings (SSSR count). The van der Waals surface area contributed by atoms with Crippen molar-refractivity contribution in [1.29, 1.82) is 0 Å². The summed E-state index contributed by atoms with van der Waals surface area (Å²) in [6.45, 7) is 2.11. The van der Waals surface area contributed by atoms with Crippen LogP contribution in [0, 0.1) is 5.92 Å². The summed E-state index contributed by atoms with van der Waals surface area (Å²) >= 11 is 19.0. The van der Waals surface area contributed by atoms with Crippen LogP contribution in [0.15, 0.2) is 48.5 Å². The van der Waals surface area contributed by atoms with E-state index in [1.54, 1.807) is 18.2 Å². The van der Waals surface area contributed by atoms with E-state index in [9.17, 15) is 9.90 Å². The Morgan fingerprint density at radius 1 is 1.12 bits per heavy atom. The number of benzene rings is 2. The topological polar surface area (TPSA) is 49.3 Å². The molecule has 2 unspecified atom stereocenters. The molecule has 2 atom stereocenters. The van der Waals surface area contributed by atoms with Gasteiger partial charge < -0.3 is 10.4 Å². The third-order valence-electron chi connectivity index (χ3n) is 3.99. The van der Waals surface area contributed by atoms with Gasteiger partial charge in [-0.05, 0) is 30.0 Å². The molecule has 3 nitrogen and oxygen atoms in total. The molecular weight excluding hydrogens is 381 g/mol. The van der Waals surface area contributed by atoms with Gasteiger partial charge in [-0.1, -0.05) is 66.5 Å². The van der Waals surface area contributed by atoms with Crippen LogP contribution in [0.2, 0.25) is 10.0 Å². The molecule has 2 aromatic rings. The number of hydrogen-bond donors (Lipinski definition) is 2. The van der Waals surface area contributed by atoms with Crippen LogP contribution in [0.4, 0.5) is 0 Å².